The van der Waals surface area contributed by atoms with Crippen LogP contribution in [0.25, 0.3) is 0 Å². The normalized spacial score (nSPS) is 18.1. The van der Waals surface area contributed by atoms with Crippen LogP contribution < -0.4 is 66.8 Å². The van der Waals surface area contributed by atoms with Gasteiger partial charge in [0.1, 0.15) is 5.75 Å². The molecule has 0 aromatic heterocycles. The molecule has 1 fully saturated rings. The molecule has 1 amide bonds. The monoisotopic (exact) mass is 509 g/mol. The predicted octanol–water partition coefficient (Wildman–Crippen LogP) is -0.346. The fourth-order valence-electron chi connectivity index (χ4n) is 2.67. The van der Waals surface area contributed by atoms with Crippen LogP contribution in [0.3, 0.4) is 0 Å². The number of benzene rings is 1. The van der Waals surface area contributed by atoms with E-state index in [9.17, 15) is 19.5 Å². The second-order valence-electron chi connectivity index (χ2n) is 6.24. The van der Waals surface area contributed by atoms with Gasteiger partial charge in [-0.05, 0) is 24.7 Å². The molecule has 1 aromatic carbocycles. The number of hydrogen-bond donors (Lipinski definition) is 4. The van der Waals surface area contributed by atoms with Gasteiger partial charge in [0.05, 0.1) is 18.4 Å². The molecular weight excluding hydrogens is 471 g/mol. The molecule has 10 nitrogen and oxygen atoms in total. The number of carboxylic acid groups (broad SMARTS) is 1. The third kappa shape index (κ3) is 14.4. The van der Waals surface area contributed by atoms with E-state index in [0.717, 1.165) is 0 Å². The Bertz CT molecular complexity index is 706. The summed E-state index contributed by atoms with van der Waals surface area (Å²) < 4.78 is 15.7. The van der Waals surface area contributed by atoms with Crippen molar-refractivity contribution in [2.45, 2.75) is 72.1 Å². The molecule has 1 aromatic rings. The number of aliphatic carboxylic acids is 1. The summed E-state index contributed by atoms with van der Waals surface area (Å²) in [5, 5.41) is 24.6. The number of rotatable bonds is 10. The largest absolute Gasteiger partial charge is 1.00 e. The van der Waals surface area contributed by atoms with E-state index in [-0.39, 0.29) is 96.3 Å². The SMILES string of the molecule is CC.CC.CNCCC(=O)Nc1cc(CO[C-]=O)ccc1OC1CC(O)CC(C(=O)O)O1.[CH3-].[K+]. The predicted molar refractivity (Wildman–Crippen MR) is 125 cm³/mol. The number of hydrogen-bond acceptors (Lipinski definition) is 8. The maximum absolute atomic E-state index is 12.1. The first-order valence-electron chi connectivity index (χ1n) is 10.7. The quantitative estimate of drug-likeness (QED) is 0.246. The second kappa shape index (κ2) is 22.4. The first kappa shape index (κ1) is 37.5. The van der Waals surface area contributed by atoms with Gasteiger partial charge in [0, 0.05) is 25.8 Å². The Labute approximate surface area is 245 Å². The van der Waals surface area contributed by atoms with Crippen LogP contribution in [0, 0.1) is 7.43 Å². The Morgan fingerprint density at radius 2 is 1.85 bits per heavy atom. The number of carboxylic acids is 1. The third-order valence-electron chi connectivity index (χ3n) is 4.02. The van der Waals surface area contributed by atoms with Gasteiger partial charge in [-0.25, -0.2) is 4.79 Å². The van der Waals surface area contributed by atoms with Crippen LogP contribution in [-0.2, 0) is 30.5 Å². The Morgan fingerprint density at radius 1 is 1.21 bits per heavy atom. The van der Waals surface area contributed by atoms with Gasteiger partial charge in [-0.2, -0.15) is 0 Å². The summed E-state index contributed by atoms with van der Waals surface area (Å²) in [6, 6.07) is 4.72. The molecular formula is C23H38KN2O8-. The summed E-state index contributed by atoms with van der Waals surface area (Å²) >= 11 is 0. The molecule has 2 rings (SSSR count). The van der Waals surface area contributed by atoms with Crippen molar-refractivity contribution in [1.29, 1.82) is 0 Å². The zero-order valence-electron chi connectivity index (χ0n) is 21.3. The average molecular weight is 510 g/mol. The number of carbonyl (C=O) groups excluding carboxylic acids is 2. The minimum Gasteiger partial charge on any atom is -0.650 e. The summed E-state index contributed by atoms with van der Waals surface area (Å²) in [6.07, 6.45) is -2.78. The van der Waals surface area contributed by atoms with Gasteiger partial charge < -0.3 is 47.3 Å². The van der Waals surface area contributed by atoms with Crippen molar-refractivity contribution < 1.29 is 90.2 Å². The van der Waals surface area contributed by atoms with E-state index in [1.807, 2.05) is 27.7 Å². The van der Waals surface area contributed by atoms with Crippen LogP contribution in [0.2, 0.25) is 0 Å². The van der Waals surface area contributed by atoms with E-state index in [0.29, 0.717) is 17.8 Å². The minimum absolute atomic E-state index is 0. The Hall–Kier alpha value is -1.05. The molecule has 34 heavy (non-hydrogen) atoms. The van der Waals surface area contributed by atoms with E-state index >= 15 is 0 Å². The molecule has 1 saturated heterocycles. The van der Waals surface area contributed by atoms with Crippen LogP contribution in [0.4, 0.5) is 5.69 Å². The first-order valence-corrected chi connectivity index (χ1v) is 10.7. The van der Waals surface area contributed by atoms with E-state index in [1.165, 1.54) is 12.5 Å². The number of carbonyl (C=O) groups is 2. The number of nitrogens with one attached hydrogen (secondary N) is 2. The number of aliphatic hydroxyl groups excluding tert-OH is 1. The molecule has 0 bridgehead atoms. The average Bonchev–Trinajstić information content (AvgIpc) is 2.80. The maximum Gasteiger partial charge on any atom is 1.00 e. The summed E-state index contributed by atoms with van der Waals surface area (Å²) in [5.41, 5.74) is 0.899. The van der Waals surface area contributed by atoms with Gasteiger partial charge >= 0.3 is 57.4 Å². The molecule has 0 spiro atoms. The van der Waals surface area contributed by atoms with E-state index in [2.05, 4.69) is 15.4 Å². The van der Waals surface area contributed by atoms with Gasteiger partial charge in [-0.1, -0.05) is 40.2 Å². The first-order chi connectivity index (χ1) is 15.4. The number of amides is 1. The molecule has 1 aliphatic heterocycles. The number of anilines is 1. The standard InChI is InChI=1S/C18H23N2O8.2C2H6.CH3.K/c1-19-5-4-16(23)20-13-6-11(9-26-10-21)2-3-14(13)27-17-8-12(22)7-15(28-17)18(24)25;2*1-2;;/h2-3,6,12,15,17,19,22H,4-5,7-9H2,1H3,(H,20,23)(H,24,25);2*1-2H3;1H3;/q-1;;;-1;+1. The van der Waals surface area contributed by atoms with Crippen molar-refractivity contribution >= 4 is 24.0 Å². The topological polar surface area (TPSA) is 143 Å². The van der Waals surface area contributed by atoms with Gasteiger partial charge in [-0.15, -0.1) is 0 Å². The van der Waals surface area contributed by atoms with Gasteiger partial charge in [0.25, 0.3) is 0 Å². The van der Waals surface area contributed by atoms with Crippen LogP contribution in [0.15, 0.2) is 18.2 Å². The van der Waals surface area contributed by atoms with Crippen molar-refractivity contribution in [3.05, 3.63) is 31.2 Å². The van der Waals surface area contributed by atoms with Crippen LogP contribution in [0.5, 0.6) is 5.75 Å². The van der Waals surface area contributed by atoms with E-state index < -0.39 is 24.5 Å². The molecule has 11 heteroatoms. The smallest absolute Gasteiger partial charge is 0.650 e. The molecule has 3 unspecified atom stereocenters. The summed E-state index contributed by atoms with van der Waals surface area (Å²) in [7, 11) is 1.72. The van der Waals surface area contributed by atoms with Crippen molar-refractivity contribution in [2.24, 2.45) is 0 Å². The van der Waals surface area contributed by atoms with Crippen molar-refractivity contribution in [3.63, 3.8) is 0 Å². The molecule has 1 aliphatic rings. The van der Waals surface area contributed by atoms with Crippen LogP contribution in [-0.4, -0.2) is 60.7 Å². The zero-order chi connectivity index (χ0) is 24.5. The maximum atomic E-state index is 12.1. The van der Waals surface area contributed by atoms with Crippen molar-refractivity contribution in [1.82, 2.24) is 5.32 Å². The fourth-order valence-corrected chi connectivity index (χ4v) is 2.67. The summed E-state index contributed by atoms with van der Waals surface area (Å²) in [4.78, 5) is 33.5. The van der Waals surface area contributed by atoms with Gasteiger partial charge in [0.2, 0.25) is 12.2 Å². The fraction of sp³-hybridized carbons (Fsp3) is 0.565. The Balaban J connectivity index is -0.00000152. The van der Waals surface area contributed by atoms with Crippen molar-refractivity contribution in [3.8, 4) is 5.75 Å². The Morgan fingerprint density at radius 3 is 2.41 bits per heavy atom. The molecule has 3 atom stereocenters. The number of aliphatic hydroxyl groups is 1. The summed E-state index contributed by atoms with van der Waals surface area (Å²) in [6.45, 7) is 9.76. The van der Waals surface area contributed by atoms with Crippen molar-refractivity contribution in [2.75, 3.05) is 18.9 Å². The second-order valence-corrected chi connectivity index (χ2v) is 6.24. The van der Waals surface area contributed by atoms with Gasteiger partial charge in [0.15, 0.2) is 6.10 Å². The van der Waals surface area contributed by atoms with Gasteiger partial charge in [-0.3, -0.25) is 4.79 Å². The molecule has 0 radical (unpaired) electrons. The van der Waals surface area contributed by atoms with Crippen LogP contribution >= 0.6 is 0 Å². The Kier molecular flexibility index (Phi) is 24.7. The molecule has 1 heterocycles. The minimum atomic E-state index is -1.19. The van der Waals surface area contributed by atoms with E-state index in [4.69, 9.17) is 14.6 Å². The molecule has 0 aliphatic carbocycles. The molecule has 4 N–H and O–H groups in total. The third-order valence-corrected chi connectivity index (χ3v) is 4.02. The van der Waals surface area contributed by atoms with Crippen LogP contribution in [0.1, 0.15) is 52.5 Å². The molecule has 190 valence electrons. The number of ether oxygens (including phenoxy) is 3. The zero-order valence-corrected chi connectivity index (χ0v) is 24.5. The molecule has 0 saturated carbocycles. The summed E-state index contributed by atoms with van der Waals surface area (Å²) in [5.74, 6) is -1.22. The van der Waals surface area contributed by atoms with E-state index in [1.54, 1.807) is 19.2 Å².